The van der Waals surface area contributed by atoms with Gasteiger partial charge in [-0.05, 0) is 41.3 Å². The number of carboxylic acids is 1. The first-order valence-electron chi connectivity index (χ1n) is 11.9. The lowest BCUT2D eigenvalue weighted by Gasteiger charge is -2.18. The highest BCUT2D eigenvalue weighted by Crippen LogP contribution is 2.27. The van der Waals surface area contributed by atoms with Crippen molar-refractivity contribution in [3.05, 3.63) is 122 Å². The minimum Gasteiger partial charge on any atom is -0.480 e. The number of aliphatic carboxylic acids is 1. The second-order valence-corrected chi connectivity index (χ2v) is 8.95. The van der Waals surface area contributed by atoms with Crippen LogP contribution in [0.2, 0.25) is 0 Å². The van der Waals surface area contributed by atoms with Crippen molar-refractivity contribution in [3.8, 4) is 5.69 Å². The standard InChI is InChI=1S/C29H21F2N3O5/c1-33-27(36)19-8-2-3-13-24(19)34(29(33)39)23-14-5-9-17-16(7-4-10-18(17)23)15-22(28(37)38)32-26(35)25-20(30)11-6-12-21(25)31/h2-14,22H,15H2,1H3,(H,32,35)(H,37,38)/t22-/m0/s1. The molecule has 0 aliphatic carbocycles. The number of para-hydroxylation sites is 1. The third-order valence-corrected chi connectivity index (χ3v) is 6.61. The van der Waals surface area contributed by atoms with Gasteiger partial charge in [0.1, 0.15) is 23.2 Å². The maximum atomic E-state index is 14.1. The maximum absolute atomic E-state index is 14.1. The van der Waals surface area contributed by atoms with Gasteiger partial charge in [0.05, 0.1) is 16.6 Å². The number of hydrogen-bond donors (Lipinski definition) is 2. The average Bonchev–Trinajstić information content (AvgIpc) is 2.91. The van der Waals surface area contributed by atoms with Gasteiger partial charge in [-0.3, -0.25) is 18.7 Å². The van der Waals surface area contributed by atoms with Crippen LogP contribution in [-0.4, -0.2) is 32.2 Å². The first-order chi connectivity index (χ1) is 18.7. The number of rotatable bonds is 6. The Morgan fingerprint density at radius 1 is 0.846 bits per heavy atom. The zero-order valence-electron chi connectivity index (χ0n) is 20.5. The molecule has 39 heavy (non-hydrogen) atoms. The molecular weight excluding hydrogens is 508 g/mol. The molecule has 5 rings (SSSR count). The summed E-state index contributed by atoms with van der Waals surface area (Å²) < 4.78 is 30.6. The Hall–Kier alpha value is -5.12. The number of nitrogens with zero attached hydrogens (tertiary/aromatic N) is 2. The van der Waals surface area contributed by atoms with E-state index in [1.165, 1.54) is 11.6 Å². The monoisotopic (exact) mass is 529 g/mol. The lowest BCUT2D eigenvalue weighted by atomic mass is 9.97. The van der Waals surface area contributed by atoms with E-state index in [2.05, 4.69) is 5.32 Å². The first-order valence-corrected chi connectivity index (χ1v) is 11.9. The van der Waals surface area contributed by atoms with Gasteiger partial charge in [-0.25, -0.2) is 18.4 Å². The molecule has 0 spiro atoms. The Balaban J connectivity index is 1.60. The van der Waals surface area contributed by atoms with Crippen molar-refractivity contribution in [2.45, 2.75) is 12.5 Å². The maximum Gasteiger partial charge on any atom is 0.335 e. The molecule has 5 aromatic rings. The van der Waals surface area contributed by atoms with E-state index in [0.29, 0.717) is 32.9 Å². The van der Waals surface area contributed by atoms with Crippen LogP contribution in [-0.2, 0) is 18.3 Å². The van der Waals surface area contributed by atoms with E-state index in [-0.39, 0.29) is 6.42 Å². The van der Waals surface area contributed by atoms with Gasteiger partial charge in [0.2, 0.25) is 0 Å². The molecule has 1 atom stereocenters. The number of hydrogen-bond acceptors (Lipinski definition) is 4. The summed E-state index contributed by atoms with van der Waals surface area (Å²) in [6.07, 6.45) is -0.207. The summed E-state index contributed by atoms with van der Waals surface area (Å²) in [7, 11) is 1.39. The van der Waals surface area contributed by atoms with E-state index < -0.39 is 46.4 Å². The van der Waals surface area contributed by atoms with Crippen molar-refractivity contribution in [2.24, 2.45) is 7.05 Å². The molecule has 0 bridgehead atoms. The Labute approximate surface area is 219 Å². The predicted octanol–water partition coefficient (Wildman–Crippen LogP) is 3.55. The molecule has 4 aromatic carbocycles. The Morgan fingerprint density at radius 3 is 2.18 bits per heavy atom. The lowest BCUT2D eigenvalue weighted by Crippen LogP contribution is -2.43. The van der Waals surface area contributed by atoms with Gasteiger partial charge >= 0.3 is 11.7 Å². The number of halogens is 2. The summed E-state index contributed by atoms with van der Waals surface area (Å²) >= 11 is 0. The molecule has 10 heteroatoms. The number of benzene rings is 4. The zero-order valence-corrected chi connectivity index (χ0v) is 20.5. The van der Waals surface area contributed by atoms with Crippen LogP contribution in [0.1, 0.15) is 15.9 Å². The van der Waals surface area contributed by atoms with E-state index in [4.69, 9.17) is 0 Å². The topological polar surface area (TPSA) is 110 Å². The van der Waals surface area contributed by atoms with Crippen LogP contribution < -0.4 is 16.6 Å². The minimum absolute atomic E-state index is 0.207. The summed E-state index contributed by atoms with van der Waals surface area (Å²) in [5.41, 5.74) is -0.469. The van der Waals surface area contributed by atoms with Gasteiger partial charge in [-0.1, -0.05) is 48.5 Å². The number of fused-ring (bicyclic) bond motifs is 2. The predicted molar refractivity (Wildman–Crippen MR) is 141 cm³/mol. The number of nitrogens with one attached hydrogen (secondary N) is 1. The number of carbonyl (C=O) groups is 2. The van der Waals surface area contributed by atoms with E-state index in [1.54, 1.807) is 60.7 Å². The van der Waals surface area contributed by atoms with Crippen molar-refractivity contribution in [1.29, 1.82) is 0 Å². The Morgan fingerprint density at radius 2 is 1.46 bits per heavy atom. The smallest absolute Gasteiger partial charge is 0.335 e. The van der Waals surface area contributed by atoms with E-state index in [0.717, 1.165) is 22.8 Å². The molecule has 1 heterocycles. The van der Waals surface area contributed by atoms with Gasteiger partial charge in [-0.15, -0.1) is 0 Å². The van der Waals surface area contributed by atoms with E-state index in [1.807, 2.05) is 0 Å². The Bertz CT molecular complexity index is 1890. The van der Waals surface area contributed by atoms with Gasteiger partial charge in [0.15, 0.2) is 0 Å². The molecule has 0 unspecified atom stereocenters. The van der Waals surface area contributed by atoms with Crippen molar-refractivity contribution in [2.75, 3.05) is 0 Å². The van der Waals surface area contributed by atoms with Crippen LogP contribution in [0.4, 0.5) is 8.78 Å². The number of amides is 1. The molecule has 0 saturated heterocycles. The third-order valence-electron chi connectivity index (χ3n) is 6.61. The summed E-state index contributed by atoms with van der Waals surface area (Å²) in [5, 5.41) is 13.6. The quantitative estimate of drug-likeness (QED) is 0.350. The molecular formula is C29H21F2N3O5. The molecule has 0 saturated carbocycles. The molecule has 0 fully saturated rings. The largest absolute Gasteiger partial charge is 0.480 e. The fraction of sp³-hybridized carbons (Fsp3) is 0.103. The normalized spacial score (nSPS) is 12.0. The summed E-state index contributed by atoms with van der Waals surface area (Å²) in [6.45, 7) is 0. The number of carboxylic acid groups (broad SMARTS) is 1. The SMILES string of the molecule is Cn1c(=O)c2ccccc2n(-c2cccc3c(C[C@H](NC(=O)c4c(F)cccc4F)C(=O)O)cccc23)c1=O. The zero-order chi connectivity index (χ0) is 27.8. The van der Waals surface area contributed by atoms with Crippen molar-refractivity contribution < 1.29 is 23.5 Å². The number of aromatic nitrogens is 2. The third kappa shape index (κ3) is 4.46. The molecule has 1 aromatic heterocycles. The Kier molecular flexibility index (Phi) is 6.53. The molecule has 0 radical (unpaired) electrons. The van der Waals surface area contributed by atoms with Gasteiger partial charge < -0.3 is 10.4 Å². The molecule has 0 aliphatic rings. The summed E-state index contributed by atoms with van der Waals surface area (Å²) in [4.78, 5) is 50.6. The van der Waals surface area contributed by atoms with Gasteiger partial charge in [0, 0.05) is 18.9 Å². The van der Waals surface area contributed by atoms with Crippen LogP contribution >= 0.6 is 0 Å². The van der Waals surface area contributed by atoms with E-state index in [9.17, 15) is 33.1 Å². The minimum atomic E-state index is -1.51. The summed E-state index contributed by atoms with van der Waals surface area (Å²) in [5.74, 6) is -4.81. The van der Waals surface area contributed by atoms with E-state index >= 15 is 0 Å². The molecule has 8 nitrogen and oxygen atoms in total. The second kappa shape index (κ2) is 9.97. The van der Waals surface area contributed by atoms with Crippen LogP contribution in [0, 0.1) is 11.6 Å². The van der Waals surface area contributed by atoms with Gasteiger partial charge in [-0.2, -0.15) is 0 Å². The highest BCUT2D eigenvalue weighted by atomic mass is 19.1. The number of carbonyl (C=O) groups excluding carboxylic acids is 1. The van der Waals surface area contributed by atoms with Crippen LogP contribution in [0.5, 0.6) is 0 Å². The highest BCUT2D eigenvalue weighted by Gasteiger charge is 2.26. The fourth-order valence-corrected chi connectivity index (χ4v) is 4.70. The van der Waals surface area contributed by atoms with Crippen molar-refractivity contribution in [3.63, 3.8) is 0 Å². The van der Waals surface area contributed by atoms with Crippen LogP contribution in [0.15, 0.2) is 88.5 Å². The first kappa shape index (κ1) is 25.5. The molecule has 2 N–H and O–H groups in total. The van der Waals surface area contributed by atoms with Gasteiger partial charge in [0.25, 0.3) is 11.5 Å². The lowest BCUT2D eigenvalue weighted by molar-refractivity contribution is -0.139. The van der Waals surface area contributed by atoms with Crippen molar-refractivity contribution >= 4 is 33.6 Å². The van der Waals surface area contributed by atoms with Crippen LogP contribution in [0.3, 0.4) is 0 Å². The summed E-state index contributed by atoms with van der Waals surface area (Å²) in [6, 6.07) is 18.3. The second-order valence-electron chi connectivity index (χ2n) is 8.95. The fourth-order valence-electron chi connectivity index (χ4n) is 4.70. The average molecular weight is 529 g/mol. The highest BCUT2D eigenvalue weighted by molar-refractivity contribution is 5.98. The van der Waals surface area contributed by atoms with Crippen LogP contribution in [0.25, 0.3) is 27.4 Å². The molecule has 1 amide bonds. The molecule has 0 aliphatic heterocycles. The molecule has 196 valence electrons. The van der Waals surface area contributed by atoms with Crippen molar-refractivity contribution in [1.82, 2.24) is 14.5 Å².